The van der Waals surface area contributed by atoms with E-state index in [9.17, 15) is 9.59 Å². The predicted octanol–water partition coefficient (Wildman–Crippen LogP) is 2.65. The molecule has 0 aliphatic carbocycles. The number of methoxy groups -OCH3 is 3. The molecular weight excluding hydrogens is 338 g/mol. The van der Waals surface area contributed by atoms with Gasteiger partial charge in [-0.3, -0.25) is 4.79 Å². The van der Waals surface area contributed by atoms with Crippen molar-refractivity contribution in [2.45, 2.75) is 6.61 Å². The van der Waals surface area contributed by atoms with Crippen LogP contribution in [0.1, 0.15) is 15.9 Å². The van der Waals surface area contributed by atoms with Gasteiger partial charge in [0.15, 0.2) is 6.61 Å². The van der Waals surface area contributed by atoms with Crippen molar-refractivity contribution < 1.29 is 28.5 Å². The Morgan fingerprint density at radius 2 is 1.81 bits per heavy atom. The van der Waals surface area contributed by atoms with E-state index in [1.54, 1.807) is 43.5 Å². The standard InChI is InChI=1S/C19H21NO6/c1-23-11-13-5-4-6-14(9-13)19(22)26-12-18(21)20-16-10-15(24-2)7-8-17(16)25-3/h4-10H,11-12H2,1-3H3,(H,20,21). The third-order valence-electron chi connectivity index (χ3n) is 3.49. The smallest absolute Gasteiger partial charge is 0.338 e. The number of nitrogens with one attached hydrogen (secondary N) is 1. The van der Waals surface area contributed by atoms with Gasteiger partial charge >= 0.3 is 5.97 Å². The molecule has 0 saturated carbocycles. The minimum Gasteiger partial charge on any atom is -0.497 e. The highest BCUT2D eigenvalue weighted by atomic mass is 16.5. The molecule has 7 nitrogen and oxygen atoms in total. The summed E-state index contributed by atoms with van der Waals surface area (Å²) in [5.41, 5.74) is 1.62. The van der Waals surface area contributed by atoms with Crippen LogP contribution in [-0.2, 0) is 20.9 Å². The van der Waals surface area contributed by atoms with Gasteiger partial charge in [0.1, 0.15) is 11.5 Å². The van der Waals surface area contributed by atoms with E-state index in [1.807, 2.05) is 6.07 Å². The normalized spacial score (nSPS) is 10.1. The minimum absolute atomic E-state index is 0.353. The first-order valence-electron chi connectivity index (χ1n) is 7.84. The maximum Gasteiger partial charge on any atom is 0.338 e. The van der Waals surface area contributed by atoms with Crippen LogP contribution in [0.3, 0.4) is 0 Å². The SMILES string of the molecule is COCc1cccc(C(=O)OCC(=O)Nc2cc(OC)ccc2OC)c1. The molecule has 0 radical (unpaired) electrons. The highest BCUT2D eigenvalue weighted by Crippen LogP contribution is 2.28. The van der Waals surface area contributed by atoms with Gasteiger partial charge in [-0.1, -0.05) is 12.1 Å². The van der Waals surface area contributed by atoms with Gasteiger partial charge in [-0.2, -0.15) is 0 Å². The Hall–Kier alpha value is -3.06. The van der Waals surface area contributed by atoms with Crippen molar-refractivity contribution in [3.05, 3.63) is 53.6 Å². The maximum atomic E-state index is 12.1. The number of anilines is 1. The summed E-state index contributed by atoms with van der Waals surface area (Å²) in [7, 11) is 4.58. The lowest BCUT2D eigenvalue weighted by atomic mass is 10.1. The van der Waals surface area contributed by atoms with Gasteiger partial charge in [-0.05, 0) is 29.8 Å². The summed E-state index contributed by atoms with van der Waals surface area (Å²) in [5, 5.41) is 2.63. The van der Waals surface area contributed by atoms with Crippen LogP contribution in [0.25, 0.3) is 0 Å². The first-order valence-corrected chi connectivity index (χ1v) is 7.84. The summed E-state index contributed by atoms with van der Waals surface area (Å²) in [6.45, 7) is -0.0368. The summed E-state index contributed by atoms with van der Waals surface area (Å²) in [6.07, 6.45) is 0. The lowest BCUT2D eigenvalue weighted by Gasteiger charge is -2.12. The van der Waals surface area contributed by atoms with Gasteiger partial charge in [0, 0.05) is 13.2 Å². The summed E-state index contributed by atoms with van der Waals surface area (Å²) in [4.78, 5) is 24.2. The van der Waals surface area contributed by atoms with Gasteiger partial charge in [-0.15, -0.1) is 0 Å². The molecule has 1 N–H and O–H groups in total. The number of benzene rings is 2. The van der Waals surface area contributed by atoms with Crippen molar-refractivity contribution >= 4 is 17.6 Å². The Morgan fingerprint density at radius 1 is 1.00 bits per heavy atom. The third-order valence-corrected chi connectivity index (χ3v) is 3.49. The molecule has 0 fully saturated rings. The van der Waals surface area contributed by atoms with E-state index in [0.717, 1.165) is 5.56 Å². The van der Waals surface area contributed by atoms with Gasteiger partial charge in [-0.25, -0.2) is 4.79 Å². The topological polar surface area (TPSA) is 83.1 Å². The molecule has 0 saturated heterocycles. The van der Waals surface area contributed by atoms with Crippen LogP contribution in [0.2, 0.25) is 0 Å². The molecule has 0 unspecified atom stereocenters. The molecule has 0 aliphatic heterocycles. The number of amides is 1. The molecular formula is C19H21NO6. The van der Waals surface area contributed by atoms with Crippen LogP contribution in [0.15, 0.2) is 42.5 Å². The van der Waals surface area contributed by atoms with Crippen molar-refractivity contribution in [3.8, 4) is 11.5 Å². The molecule has 0 aromatic heterocycles. The van der Waals surface area contributed by atoms with Crippen LogP contribution in [-0.4, -0.2) is 39.8 Å². The van der Waals surface area contributed by atoms with E-state index in [-0.39, 0.29) is 0 Å². The average molecular weight is 359 g/mol. The van der Waals surface area contributed by atoms with Gasteiger partial charge in [0.05, 0.1) is 32.1 Å². The van der Waals surface area contributed by atoms with Crippen LogP contribution in [0.4, 0.5) is 5.69 Å². The maximum absolute atomic E-state index is 12.1. The van der Waals surface area contributed by atoms with Crippen LogP contribution >= 0.6 is 0 Å². The van der Waals surface area contributed by atoms with Crippen molar-refractivity contribution in [1.29, 1.82) is 0 Å². The number of hydrogen-bond acceptors (Lipinski definition) is 6. The molecule has 0 spiro atoms. The van der Waals surface area contributed by atoms with E-state index in [2.05, 4.69) is 5.32 Å². The summed E-state index contributed by atoms with van der Waals surface area (Å²) in [6, 6.07) is 11.8. The number of carbonyl (C=O) groups is 2. The molecule has 0 bridgehead atoms. The Balaban J connectivity index is 1.96. The minimum atomic E-state index is -0.587. The monoisotopic (exact) mass is 359 g/mol. The quantitative estimate of drug-likeness (QED) is 0.730. The second-order valence-corrected chi connectivity index (χ2v) is 5.32. The third kappa shape index (κ3) is 5.22. The Morgan fingerprint density at radius 3 is 2.50 bits per heavy atom. The van der Waals surface area contributed by atoms with Gasteiger partial charge in [0.2, 0.25) is 0 Å². The molecule has 26 heavy (non-hydrogen) atoms. The summed E-state index contributed by atoms with van der Waals surface area (Å²) in [5.74, 6) is -0.0422. The summed E-state index contributed by atoms with van der Waals surface area (Å²) >= 11 is 0. The molecule has 7 heteroatoms. The summed E-state index contributed by atoms with van der Waals surface area (Å²) < 4.78 is 20.4. The Labute approximate surface area is 151 Å². The number of rotatable bonds is 8. The molecule has 2 aromatic carbocycles. The fourth-order valence-electron chi connectivity index (χ4n) is 2.27. The molecule has 138 valence electrons. The zero-order chi connectivity index (χ0) is 18.9. The van der Waals surface area contributed by atoms with Crippen LogP contribution in [0, 0.1) is 0 Å². The van der Waals surface area contributed by atoms with Crippen LogP contribution < -0.4 is 14.8 Å². The first-order chi connectivity index (χ1) is 12.6. The van der Waals surface area contributed by atoms with Crippen molar-refractivity contribution in [1.82, 2.24) is 0 Å². The van der Waals surface area contributed by atoms with E-state index in [4.69, 9.17) is 18.9 Å². The van der Waals surface area contributed by atoms with E-state index in [0.29, 0.717) is 29.4 Å². The van der Waals surface area contributed by atoms with Crippen molar-refractivity contribution in [3.63, 3.8) is 0 Å². The molecule has 1 amide bonds. The number of hydrogen-bond donors (Lipinski definition) is 1. The molecule has 2 aromatic rings. The Kier molecular flexibility index (Phi) is 6.99. The molecule has 0 heterocycles. The van der Waals surface area contributed by atoms with E-state index >= 15 is 0 Å². The molecule has 0 atom stereocenters. The second kappa shape index (κ2) is 9.43. The zero-order valence-corrected chi connectivity index (χ0v) is 14.9. The van der Waals surface area contributed by atoms with Gasteiger partial charge < -0.3 is 24.3 Å². The lowest BCUT2D eigenvalue weighted by Crippen LogP contribution is -2.21. The van der Waals surface area contributed by atoms with Crippen LogP contribution in [0.5, 0.6) is 11.5 Å². The lowest BCUT2D eigenvalue weighted by molar-refractivity contribution is -0.119. The highest BCUT2D eigenvalue weighted by molar-refractivity contribution is 5.96. The average Bonchev–Trinajstić information content (AvgIpc) is 2.66. The molecule has 2 rings (SSSR count). The molecule has 0 aliphatic rings. The van der Waals surface area contributed by atoms with Crippen molar-refractivity contribution in [2.75, 3.05) is 33.3 Å². The van der Waals surface area contributed by atoms with E-state index < -0.39 is 18.5 Å². The van der Waals surface area contributed by atoms with Crippen molar-refractivity contribution in [2.24, 2.45) is 0 Å². The fraction of sp³-hybridized carbons (Fsp3) is 0.263. The fourth-order valence-corrected chi connectivity index (χ4v) is 2.27. The zero-order valence-electron chi connectivity index (χ0n) is 14.9. The predicted molar refractivity (Wildman–Crippen MR) is 95.6 cm³/mol. The van der Waals surface area contributed by atoms with Gasteiger partial charge in [0.25, 0.3) is 5.91 Å². The van der Waals surface area contributed by atoms with E-state index in [1.165, 1.54) is 14.2 Å². The number of ether oxygens (including phenoxy) is 4. The first kappa shape index (κ1) is 19.3. The number of carbonyl (C=O) groups excluding carboxylic acids is 2. The second-order valence-electron chi connectivity index (χ2n) is 5.32. The highest BCUT2D eigenvalue weighted by Gasteiger charge is 2.13. The number of esters is 1. The Bertz CT molecular complexity index is 774. The largest absolute Gasteiger partial charge is 0.497 e.